The van der Waals surface area contributed by atoms with Gasteiger partial charge in [-0.25, -0.2) is 0 Å². The van der Waals surface area contributed by atoms with Gasteiger partial charge < -0.3 is 14.7 Å². The summed E-state index contributed by atoms with van der Waals surface area (Å²) < 4.78 is 50.1. The minimum Gasteiger partial charge on any atom is -0.481 e. The summed E-state index contributed by atoms with van der Waals surface area (Å²) in [6, 6.07) is -1.30. The molecule has 0 spiro atoms. The Kier molecular flexibility index (Phi) is 9.06. The van der Waals surface area contributed by atoms with Crippen LogP contribution in [0.1, 0.15) is 91.7 Å². The number of carbonyl (C=O) groups is 3. The lowest BCUT2D eigenvalue weighted by Crippen LogP contribution is -2.53. The lowest BCUT2D eigenvalue weighted by Gasteiger charge is -2.44. The first-order valence-corrected chi connectivity index (χ1v) is 14.0. The zero-order valence-corrected chi connectivity index (χ0v) is 24.3. The van der Waals surface area contributed by atoms with E-state index in [1.54, 1.807) is 0 Å². The van der Waals surface area contributed by atoms with Crippen molar-refractivity contribution in [2.45, 2.75) is 89.3 Å². The summed E-state index contributed by atoms with van der Waals surface area (Å²) in [6.45, 7) is 5.04. The smallest absolute Gasteiger partial charge is 0.433 e. The van der Waals surface area contributed by atoms with Gasteiger partial charge in [-0.1, -0.05) is 23.2 Å². The summed E-state index contributed by atoms with van der Waals surface area (Å²) in [6.07, 6.45) is -0.481. The summed E-state index contributed by atoms with van der Waals surface area (Å²) in [5.74, 6) is -3.27. The number of halogens is 5. The van der Waals surface area contributed by atoms with Crippen molar-refractivity contribution >= 4 is 40.9 Å². The third-order valence-corrected chi connectivity index (χ3v) is 8.00. The zero-order chi connectivity index (χ0) is 30.3. The first kappa shape index (κ1) is 31.2. The van der Waals surface area contributed by atoms with Crippen LogP contribution in [0.25, 0.3) is 0 Å². The maximum atomic E-state index is 14.4. The number of aliphatic carboxylic acids is 1. The van der Waals surface area contributed by atoms with E-state index < -0.39 is 65.2 Å². The molecule has 2 aliphatic rings. The molecule has 0 aromatic carbocycles. The van der Waals surface area contributed by atoms with Gasteiger partial charge >= 0.3 is 12.1 Å². The molecule has 2 fully saturated rings. The largest absolute Gasteiger partial charge is 0.481 e. The van der Waals surface area contributed by atoms with Crippen LogP contribution in [-0.4, -0.2) is 66.7 Å². The fourth-order valence-electron chi connectivity index (χ4n) is 5.47. The van der Waals surface area contributed by atoms with Crippen LogP contribution in [0.2, 0.25) is 10.0 Å². The van der Waals surface area contributed by atoms with E-state index in [1.807, 2.05) is 20.8 Å². The highest BCUT2D eigenvalue weighted by Gasteiger charge is 2.46. The zero-order valence-electron chi connectivity index (χ0n) is 22.8. The molecule has 0 unspecified atom stereocenters. The molecule has 0 bridgehead atoms. The van der Waals surface area contributed by atoms with Crippen LogP contribution in [0.5, 0.6) is 0 Å². The second-order valence-electron chi connectivity index (χ2n) is 11.5. The SMILES string of the molecule is CC(C)(C)OC1CC(N(CC(=O)c2c(Cl)cncc2Cl)C(=O)c2cnn(C3CCC(C(=O)O)CC3)c2C(F)(F)F)C1. The van der Waals surface area contributed by atoms with Gasteiger partial charge in [0, 0.05) is 18.4 Å². The van der Waals surface area contributed by atoms with Crippen molar-refractivity contribution in [3.8, 4) is 0 Å². The van der Waals surface area contributed by atoms with E-state index in [2.05, 4.69) is 10.1 Å². The van der Waals surface area contributed by atoms with Crippen molar-refractivity contribution in [1.82, 2.24) is 19.7 Å². The number of pyridine rings is 1. The van der Waals surface area contributed by atoms with Crippen LogP contribution >= 0.6 is 23.2 Å². The standard InChI is InChI=1S/C27H31Cl2F3N4O5/c1-26(2,3)41-17-8-16(9-17)35(13-21(37)22-19(28)11-33-12-20(22)29)24(38)18-10-34-36(23(18)27(30,31)32)15-6-4-14(5-7-15)25(39)40/h10-12,14-17H,4-9,13H2,1-3H3,(H,39,40). The summed E-state index contributed by atoms with van der Waals surface area (Å²) in [4.78, 5) is 43.4. The average molecular weight is 619 g/mol. The number of rotatable bonds is 8. The molecule has 2 aromatic rings. The van der Waals surface area contributed by atoms with Gasteiger partial charge in [0.1, 0.15) is 0 Å². The second kappa shape index (κ2) is 11.9. The number of carbonyl (C=O) groups excluding carboxylic acids is 2. The quantitative estimate of drug-likeness (QED) is 0.356. The van der Waals surface area contributed by atoms with E-state index >= 15 is 0 Å². The molecule has 0 saturated heterocycles. The van der Waals surface area contributed by atoms with Gasteiger partial charge in [0.2, 0.25) is 0 Å². The fourth-order valence-corrected chi connectivity index (χ4v) is 6.04. The van der Waals surface area contributed by atoms with Crippen LogP contribution in [0, 0.1) is 5.92 Å². The molecule has 1 amide bonds. The first-order valence-electron chi connectivity index (χ1n) is 13.2. The highest BCUT2D eigenvalue weighted by Crippen LogP contribution is 2.40. The van der Waals surface area contributed by atoms with Gasteiger partial charge in [0.25, 0.3) is 5.91 Å². The molecular formula is C27H31Cl2F3N4O5. The molecule has 224 valence electrons. The maximum absolute atomic E-state index is 14.4. The third-order valence-electron chi connectivity index (χ3n) is 7.42. The Balaban J connectivity index is 1.66. The number of aromatic nitrogens is 3. The molecule has 2 heterocycles. The number of ketones is 1. The van der Waals surface area contributed by atoms with Crippen LogP contribution < -0.4 is 0 Å². The van der Waals surface area contributed by atoms with Gasteiger partial charge in [0.15, 0.2) is 11.5 Å². The second-order valence-corrected chi connectivity index (χ2v) is 12.3. The number of hydrogen-bond donors (Lipinski definition) is 1. The minimum atomic E-state index is -4.93. The molecule has 0 aliphatic heterocycles. The van der Waals surface area contributed by atoms with E-state index in [4.69, 9.17) is 27.9 Å². The number of Topliss-reactive ketones (excluding diaryl/α,β-unsaturated/α-hetero) is 1. The maximum Gasteiger partial charge on any atom is 0.433 e. The predicted octanol–water partition coefficient (Wildman–Crippen LogP) is 6.09. The topological polar surface area (TPSA) is 115 Å². The molecule has 0 atom stereocenters. The molecule has 2 aliphatic carbocycles. The number of carboxylic acid groups (broad SMARTS) is 1. The number of hydrogen-bond acceptors (Lipinski definition) is 6. The van der Waals surface area contributed by atoms with E-state index in [9.17, 15) is 32.7 Å². The van der Waals surface area contributed by atoms with Crippen molar-refractivity contribution in [2.75, 3.05) is 6.54 Å². The monoisotopic (exact) mass is 618 g/mol. The van der Waals surface area contributed by atoms with Crippen molar-refractivity contribution < 1.29 is 37.4 Å². The summed E-state index contributed by atoms with van der Waals surface area (Å²) in [5, 5.41) is 13.1. The highest BCUT2D eigenvalue weighted by molar-refractivity contribution is 6.39. The van der Waals surface area contributed by atoms with Gasteiger partial charge in [-0.15, -0.1) is 0 Å². The Morgan fingerprint density at radius 1 is 1.05 bits per heavy atom. The minimum absolute atomic E-state index is 0.0433. The molecule has 1 N–H and O–H groups in total. The van der Waals surface area contributed by atoms with Crippen LogP contribution in [-0.2, 0) is 15.7 Å². The van der Waals surface area contributed by atoms with E-state index in [0.29, 0.717) is 12.8 Å². The fraction of sp³-hybridized carbons (Fsp3) is 0.593. The normalized spacial score (nSPS) is 23.1. The number of carboxylic acids is 1. The van der Waals surface area contributed by atoms with E-state index in [-0.39, 0.29) is 47.4 Å². The molecule has 0 radical (unpaired) electrons. The molecule has 14 heteroatoms. The van der Waals surface area contributed by atoms with Crippen LogP contribution in [0.15, 0.2) is 18.6 Å². The Labute approximate surface area is 244 Å². The van der Waals surface area contributed by atoms with Crippen LogP contribution in [0.4, 0.5) is 13.2 Å². The molecule has 9 nitrogen and oxygen atoms in total. The van der Waals surface area contributed by atoms with E-state index in [0.717, 1.165) is 15.8 Å². The third kappa shape index (κ3) is 7.03. The molecule has 2 saturated carbocycles. The van der Waals surface area contributed by atoms with E-state index in [1.165, 1.54) is 12.4 Å². The number of ether oxygens (including phenoxy) is 1. The lowest BCUT2D eigenvalue weighted by atomic mass is 9.86. The van der Waals surface area contributed by atoms with Gasteiger partial charge in [0.05, 0.1) is 57.6 Å². The Bertz CT molecular complexity index is 1290. The van der Waals surface area contributed by atoms with Crippen molar-refractivity contribution in [3.05, 3.63) is 45.5 Å². The number of amides is 1. The Hall–Kier alpha value is -2.70. The Morgan fingerprint density at radius 3 is 2.15 bits per heavy atom. The first-order chi connectivity index (χ1) is 19.1. The summed E-state index contributed by atoms with van der Waals surface area (Å²) >= 11 is 12.3. The van der Waals surface area contributed by atoms with Gasteiger partial charge in [-0.05, 0) is 59.3 Å². The molecule has 41 heavy (non-hydrogen) atoms. The molecular weight excluding hydrogens is 588 g/mol. The van der Waals surface area contributed by atoms with Gasteiger partial charge in [-0.3, -0.25) is 24.0 Å². The Morgan fingerprint density at radius 2 is 1.63 bits per heavy atom. The number of nitrogens with zero attached hydrogens (tertiary/aromatic N) is 4. The van der Waals surface area contributed by atoms with Crippen molar-refractivity contribution in [1.29, 1.82) is 0 Å². The summed E-state index contributed by atoms with van der Waals surface area (Å²) in [7, 11) is 0. The molecule has 4 rings (SSSR count). The van der Waals surface area contributed by atoms with Gasteiger partial charge in [-0.2, -0.15) is 18.3 Å². The molecule has 2 aromatic heterocycles. The predicted molar refractivity (Wildman–Crippen MR) is 143 cm³/mol. The van der Waals surface area contributed by atoms with Crippen LogP contribution in [0.3, 0.4) is 0 Å². The summed E-state index contributed by atoms with van der Waals surface area (Å²) in [5.41, 5.74) is -2.45. The number of alkyl halides is 3. The lowest BCUT2D eigenvalue weighted by molar-refractivity contribution is -0.147. The van der Waals surface area contributed by atoms with Crippen molar-refractivity contribution in [3.63, 3.8) is 0 Å². The average Bonchev–Trinajstić information content (AvgIpc) is 3.30. The highest BCUT2D eigenvalue weighted by atomic mass is 35.5. The van der Waals surface area contributed by atoms with Crippen molar-refractivity contribution in [2.24, 2.45) is 5.92 Å².